The molecule has 0 saturated heterocycles. The molecular weight excluding hydrogens is 491 g/mol. The molecule has 35 heavy (non-hydrogen) atoms. The summed E-state index contributed by atoms with van der Waals surface area (Å²) in [5.74, 6) is 0.204. The van der Waals surface area contributed by atoms with E-state index in [0.717, 1.165) is 35.0 Å². The van der Waals surface area contributed by atoms with Gasteiger partial charge in [-0.15, -0.1) is 12.4 Å². The van der Waals surface area contributed by atoms with E-state index in [1.54, 1.807) is 0 Å². The minimum atomic E-state index is -0.701. The first-order valence-corrected chi connectivity index (χ1v) is 11.7. The van der Waals surface area contributed by atoms with Crippen LogP contribution in [-0.4, -0.2) is 53.0 Å². The van der Waals surface area contributed by atoms with Crippen LogP contribution < -0.4 is 23.0 Å². The molecule has 3 N–H and O–H groups in total. The number of ether oxygens (including phenoxy) is 2. The molecule has 2 aliphatic rings. The number of carbonyl (C=O) groups is 2. The van der Waals surface area contributed by atoms with E-state index < -0.39 is 11.8 Å². The Bertz CT molecular complexity index is 1080. The lowest BCUT2D eigenvalue weighted by Gasteiger charge is -2.29. The lowest BCUT2D eigenvalue weighted by molar-refractivity contribution is -0.878. The van der Waals surface area contributed by atoms with Gasteiger partial charge < -0.3 is 32.2 Å². The number of quaternary nitrogens is 1. The maximum absolute atomic E-state index is 13.5. The van der Waals surface area contributed by atoms with E-state index in [9.17, 15) is 9.59 Å². The standard InChI is InChI=1S/C25H34N4O4.2ClH/c1-17-28(13-14-29(17)16-32-24(31)33-25(2,3)11-12-26)15-18-9-10-21-22(23(18)30)19-7-5-6-8-20(19)27(21)4;;/h5-8,13-14,17-18H,9-12,15-16,26H2,1-4H3;2*1H. The number of fused-ring (bicyclic) bond motifs is 3. The van der Waals surface area contributed by atoms with E-state index in [1.807, 2.05) is 56.4 Å². The first-order chi connectivity index (χ1) is 15.7. The van der Waals surface area contributed by atoms with Crippen molar-refractivity contribution >= 4 is 35.2 Å². The molecule has 194 valence electrons. The number of carbonyl (C=O) groups excluding carboxylic acids is 2. The van der Waals surface area contributed by atoms with Crippen LogP contribution in [0.2, 0.25) is 0 Å². The monoisotopic (exact) mass is 526 g/mol. The third-order valence-corrected chi connectivity index (χ3v) is 7.01. The van der Waals surface area contributed by atoms with Gasteiger partial charge in [-0.25, -0.2) is 4.79 Å². The largest absolute Gasteiger partial charge is 1.00 e. The zero-order chi connectivity index (χ0) is 23.8. The van der Waals surface area contributed by atoms with Crippen LogP contribution in [0.25, 0.3) is 10.9 Å². The van der Waals surface area contributed by atoms with E-state index in [1.165, 1.54) is 4.90 Å². The minimum absolute atomic E-state index is 0. The summed E-state index contributed by atoms with van der Waals surface area (Å²) in [5, 5.41) is 1.05. The molecule has 1 aliphatic heterocycles. The van der Waals surface area contributed by atoms with Gasteiger partial charge in [-0.3, -0.25) is 14.6 Å². The Morgan fingerprint density at radius 2 is 2.00 bits per heavy atom. The number of para-hydroxylation sites is 1. The highest BCUT2D eigenvalue weighted by molar-refractivity contribution is 6.11. The molecule has 0 amide bonds. The van der Waals surface area contributed by atoms with Crippen LogP contribution in [0, 0.1) is 5.92 Å². The summed E-state index contributed by atoms with van der Waals surface area (Å²) < 4.78 is 12.8. The zero-order valence-electron chi connectivity index (χ0n) is 20.8. The second-order valence-corrected chi connectivity index (χ2v) is 9.71. The molecule has 2 heterocycles. The normalized spacial score (nSPS) is 21.3. The van der Waals surface area contributed by atoms with Gasteiger partial charge in [0.2, 0.25) is 0 Å². The Morgan fingerprint density at radius 1 is 1.29 bits per heavy atom. The van der Waals surface area contributed by atoms with Gasteiger partial charge >= 0.3 is 6.16 Å². The summed E-state index contributed by atoms with van der Waals surface area (Å²) in [5.41, 5.74) is 8.05. The third-order valence-electron chi connectivity index (χ3n) is 7.01. The van der Waals surface area contributed by atoms with Crippen molar-refractivity contribution in [2.45, 2.75) is 51.8 Å². The molecule has 1 aliphatic carbocycles. The highest BCUT2D eigenvalue weighted by Gasteiger charge is 2.37. The number of nitrogens with two attached hydrogens (primary N) is 1. The third kappa shape index (κ3) is 5.94. The van der Waals surface area contributed by atoms with E-state index in [4.69, 9.17) is 15.2 Å². The fourth-order valence-electron chi connectivity index (χ4n) is 4.99. The summed E-state index contributed by atoms with van der Waals surface area (Å²) in [4.78, 5) is 28.7. The van der Waals surface area contributed by atoms with Crippen LogP contribution in [0.1, 0.15) is 49.7 Å². The Kier molecular flexibility index (Phi) is 9.64. The Labute approximate surface area is 219 Å². The summed E-state index contributed by atoms with van der Waals surface area (Å²) in [7, 11) is 2.05. The molecule has 1 aromatic heterocycles. The predicted molar refractivity (Wildman–Crippen MR) is 133 cm³/mol. The van der Waals surface area contributed by atoms with Gasteiger partial charge in [0.15, 0.2) is 18.7 Å². The molecule has 4 rings (SSSR count). The van der Waals surface area contributed by atoms with Crippen molar-refractivity contribution in [3.05, 3.63) is 47.9 Å². The maximum atomic E-state index is 13.5. The zero-order valence-corrected chi connectivity index (χ0v) is 22.3. The smallest absolute Gasteiger partial charge is 0.510 e. The number of hydrogen-bond donors (Lipinski definition) is 2. The first kappa shape index (κ1) is 29.0. The fraction of sp³-hybridized carbons (Fsp3) is 0.520. The van der Waals surface area contributed by atoms with Crippen LogP contribution in [0.3, 0.4) is 0 Å². The van der Waals surface area contributed by atoms with Gasteiger partial charge in [0.1, 0.15) is 11.8 Å². The fourth-order valence-corrected chi connectivity index (χ4v) is 4.99. The topological polar surface area (TPSA) is 91.2 Å². The predicted octanol–water partition coefficient (Wildman–Crippen LogP) is -0.395. The molecule has 0 bridgehead atoms. The SMILES string of the molecule is CC1N(COC(=O)OC(C)(C)CCN)C=C[NH+]1CC1CCc2c(c3ccccc3n2C)C1=O.Cl.[Cl-]. The Morgan fingerprint density at radius 3 is 2.71 bits per heavy atom. The Hall–Kier alpha value is -2.26. The number of aromatic nitrogens is 1. The number of Topliss-reactive ketones (excluding diaryl/α,β-unsaturated/α-hetero) is 1. The van der Waals surface area contributed by atoms with E-state index in [-0.39, 0.29) is 49.4 Å². The van der Waals surface area contributed by atoms with Crippen molar-refractivity contribution < 1.29 is 36.4 Å². The molecule has 0 radical (unpaired) electrons. The molecular formula is C25H36Cl2N4O4. The van der Waals surface area contributed by atoms with Crippen molar-refractivity contribution in [1.82, 2.24) is 9.47 Å². The van der Waals surface area contributed by atoms with Gasteiger partial charge in [0, 0.05) is 36.1 Å². The van der Waals surface area contributed by atoms with Gasteiger partial charge in [-0.1, -0.05) is 18.2 Å². The number of aryl methyl sites for hydroxylation is 1. The van der Waals surface area contributed by atoms with Crippen LogP contribution in [0.4, 0.5) is 4.79 Å². The summed E-state index contributed by atoms with van der Waals surface area (Å²) >= 11 is 0. The molecule has 0 spiro atoms. The quantitative estimate of drug-likeness (QED) is 0.477. The number of benzene rings is 1. The molecule has 2 aromatic rings. The molecule has 0 saturated carbocycles. The van der Waals surface area contributed by atoms with Gasteiger partial charge in [0.05, 0.1) is 18.7 Å². The number of rotatable bonds is 7. The maximum Gasteiger partial charge on any atom is 0.510 e. The van der Waals surface area contributed by atoms with Crippen LogP contribution in [0.5, 0.6) is 0 Å². The average Bonchev–Trinajstić information content (AvgIpc) is 3.26. The van der Waals surface area contributed by atoms with Crippen molar-refractivity contribution in [3.8, 4) is 0 Å². The number of hydrogen-bond acceptors (Lipinski definition) is 6. The molecule has 0 fully saturated rings. The van der Waals surface area contributed by atoms with Crippen molar-refractivity contribution in [1.29, 1.82) is 0 Å². The lowest BCUT2D eigenvalue weighted by atomic mass is 9.84. The summed E-state index contributed by atoms with van der Waals surface area (Å²) in [6.07, 6.45) is 5.63. The molecule has 8 nitrogen and oxygen atoms in total. The van der Waals surface area contributed by atoms with Gasteiger partial charge in [-0.05, 0) is 45.7 Å². The average molecular weight is 527 g/mol. The number of halogens is 2. The molecule has 3 atom stereocenters. The molecule has 10 heteroatoms. The van der Waals surface area contributed by atoms with Crippen LogP contribution in [-0.2, 0) is 22.9 Å². The Balaban J connectivity index is 0.00000216. The van der Waals surface area contributed by atoms with Crippen molar-refractivity contribution in [2.24, 2.45) is 18.7 Å². The second-order valence-electron chi connectivity index (χ2n) is 9.71. The van der Waals surface area contributed by atoms with Crippen LogP contribution in [0.15, 0.2) is 36.7 Å². The summed E-state index contributed by atoms with van der Waals surface area (Å²) in [6.45, 7) is 6.94. The minimum Gasteiger partial charge on any atom is -1.00 e. The number of ketones is 1. The van der Waals surface area contributed by atoms with Crippen LogP contribution >= 0.6 is 12.4 Å². The van der Waals surface area contributed by atoms with Gasteiger partial charge in [-0.2, -0.15) is 0 Å². The highest BCUT2D eigenvalue weighted by atomic mass is 35.5. The van der Waals surface area contributed by atoms with E-state index in [2.05, 4.69) is 17.6 Å². The van der Waals surface area contributed by atoms with Crippen molar-refractivity contribution in [2.75, 3.05) is 19.8 Å². The van der Waals surface area contributed by atoms with Crippen molar-refractivity contribution in [3.63, 3.8) is 0 Å². The van der Waals surface area contributed by atoms with E-state index in [0.29, 0.717) is 19.5 Å². The number of nitrogens with one attached hydrogen (secondary N) is 1. The lowest BCUT2D eigenvalue weighted by Crippen LogP contribution is -3.11. The first-order valence-electron chi connectivity index (χ1n) is 11.7. The summed E-state index contributed by atoms with van der Waals surface area (Å²) in [6, 6.07) is 8.14. The molecule has 1 aromatic carbocycles. The van der Waals surface area contributed by atoms with E-state index >= 15 is 0 Å². The highest BCUT2D eigenvalue weighted by Crippen LogP contribution is 2.33. The molecule has 3 unspecified atom stereocenters. The second kappa shape index (κ2) is 11.6. The van der Waals surface area contributed by atoms with Gasteiger partial charge in [0.25, 0.3) is 0 Å². The number of nitrogens with zero attached hydrogens (tertiary/aromatic N) is 2.